The number of nitrogens with two attached hydrogens (primary N) is 1. The minimum Gasteiger partial charge on any atom is -0.463 e. The molecule has 0 aliphatic heterocycles. The van der Waals surface area contributed by atoms with Crippen molar-refractivity contribution in [1.29, 1.82) is 0 Å². The molecule has 0 bridgehead atoms. The smallest absolute Gasteiger partial charge is 0.220 e. The molecule has 4 rings (SSSR count). The third kappa shape index (κ3) is 6.24. The molecule has 2 aromatic carbocycles. The number of amides is 1. The van der Waals surface area contributed by atoms with E-state index in [0.29, 0.717) is 36.0 Å². The fourth-order valence-corrected chi connectivity index (χ4v) is 4.48. The maximum Gasteiger partial charge on any atom is 0.220 e. The molecular formula is C28H29BrN3O3+. The molecule has 1 amide bonds. The number of pyridine rings is 1. The second-order valence-corrected chi connectivity index (χ2v) is 9.33. The van der Waals surface area contributed by atoms with Crippen molar-refractivity contribution in [2.24, 2.45) is 5.73 Å². The molecule has 4 aromatic rings. The highest BCUT2D eigenvalue weighted by Gasteiger charge is 2.14. The summed E-state index contributed by atoms with van der Waals surface area (Å²) in [6, 6.07) is 17.8. The Morgan fingerprint density at radius 3 is 2.77 bits per heavy atom. The Hall–Kier alpha value is -3.29. The van der Waals surface area contributed by atoms with Gasteiger partial charge < -0.3 is 15.5 Å². The standard InChI is InChI=1S/C28H28BrN3O3/c29-22-11-14-26-24(18-22)28(34)21(19-35-26)10-13-23-12-9-20-6-3-4-7-25(20)32(23)17-5-1-2-8-27(33)31-16-15-30/h3-4,6-7,9-14,18-19H,1-2,5,8,15-17,30H2/p+1/b13-10+. The number of carbonyl (C=O) groups excluding carboxylic acids is 1. The van der Waals surface area contributed by atoms with E-state index in [0.717, 1.165) is 46.9 Å². The van der Waals surface area contributed by atoms with E-state index in [4.69, 9.17) is 10.2 Å². The van der Waals surface area contributed by atoms with Gasteiger partial charge in [0.25, 0.3) is 0 Å². The van der Waals surface area contributed by atoms with Crippen molar-refractivity contribution in [1.82, 2.24) is 5.32 Å². The highest BCUT2D eigenvalue weighted by molar-refractivity contribution is 9.10. The minimum atomic E-state index is -0.0657. The highest BCUT2D eigenvalue weighted by Crippen LogP contribution is 2.19. The summed E-state index contributed by atoms with van der Waals surface area (Å²) in [6.45, 7) is 1.79. The zero-order chi connectivity index (χ0) is 24.6. The number of hydrogen-bond acceptors (Lipinski definition) is 4. The number of rotatable bonds is 10. The number of halogens is 1. The largest absolute Gasteiger partial charge is 0.463 e. The number of aromatic nitrogens is 1. The van der Waals surface area contributed by atoms with Crippen LogP contribution in [0.2, 0.25) is 0 Å². The van der Waals surface area contributed by atoms with Gasteiger partial charge in [-0.25, -0.2) is 0 Å². The number of nitrogens with zero attached hydrogens (tertiary/aromatic N) is 1. The molecule has 0 spiro atoms. The number of carbonyl (C=O) groups is 1. The van der Waals surface area contributed by atoms with Crippen LogP contribution in [-0.4, -0.2) is 19.0 Å². The fourth-order valence-electron chi connectivity index (χ4n) is 4.11. The summed E-state index contributed by atoms with van der Waals surface area (Å²) in [5.74, 6) is 0.0538. The quantitative estimate of drug-likeness (QED) is 0.226. The lowest BCUT2D eigenvalue weighted by molar-refractivity contribution is -0.673. The van der Waals surface area contributed by atoms with Crippen molar-refractivity contribution < 1.29 is 13.8 Å². The van der Waals surface area contributed by atoms with Gasteiger partial charge >= 0.3 is 0 Å². The molecule has 0 radical (unpaired) electrons. The normalized spacial score (nSPS) is 11.5. The second-order valence-electron chi connectivity index (χ2n) is 8.41. The van der Waals surface area contributed by atoms with E-state index in [1.807, 2.05) is 30.4 Å². The summed E-state index contributed by atoms with van der Waals surface area (Å²) in [7, 11) is 0. The average molecular weight is 535 g/mol. The number of hydrogen-bond donors (Lipinski definition) is 2. The van der Waals surface area contributed by atoms with E-state index in [1.54, 1.807) is 12.1 Å². The molecule has 6 nitrogen and oxygen atoms in total. The Kier molecular flexibility index (Phi) is 8.45. The van der Waals surface area contributed by atoms with Crippen LogP contribution in [0, 0.1) is 0 Å². The lowest BCUT2D eigenvalue weighted by atomic mass is 10.1. The van der Waals surface area contributed by atoms with Gasteiger partial charge in [-0.3, -0.25) is 9.59 Å². The van der Waals surface area contributed by atoms with Crippen molar-refractivity contribution in [3.63, 3.8) is 0 Å². The number of para-hydroxylation sites is 1. The molecule has 0 unspecified atom stereocenters. The fraction of sp³-hybridized carbons (Fsp3) is 0.250. The van der Waals surface area contributed by atoms with Crippen LogP contribution >= 0.6 is 15.9 Å². The molecule has 0 saturated heterocycles. The molecule has 0 fully saturated rings. The zero-order valence-corrected chi connectivity index (χ0v) is 21.1. The number of benzene rings is 2. The van der Waals surface area contributed by atoms with Gasteiger partial charge in [-0.2, -0.15) is 4.57 Å². The maximum atomic E-state index is 13.0. The van der Waals surface area contributed by atoms with Crippen molar-refractivity contribution in [3.05, 3.63) is 86.8 Å². The van der Waals surface area contributed by atoms with Gasteiger partial charge in [-0.1, -0.05) is 28.1 Å². The topological polar surface area (TPSA) is 89.2 Å². The minimum absolute atomic E-state index is 0.0538. The van der Waals surface area contributed by atoms with Crippen molar-refractivity contribution in [2.45, 2.75) is 32.2 Å². The summed E-state index contributed by atoms with van der Waals surface area (Å²) in [4.78, 5) is 24.8. The van der Waals surface area contributed by atoms with Gasteiger partial charge in [0.05, 0.1) is 10.9 Å². The number of aryl methyl sites for hydroxylation is 1. The first kappa shape index (κ1) is 24.8. The predicted octanol–water partition coefficient (Wildman–Crippen LogP) is 4.80. The van der Waals surface area contributed by atoms with Crippen LogP contribution in [0.25, 0.3) is 34.0 Å². The Labute approximate surface area is 212 Å². The third-order valence-corrected chi connectivity index (χ3v) is 6.41. The van der Waals surface area contributed by atoms with E-state index >= 15 is 0 Å². The van der Waals surface area contributed by atoms with Gasteiger partial charge in [-0.15, -0.1) is 0 Å². The van der Waals surface area contributed by atoms with Crippen molar-refractivity contribution in [3.8, 4) is 0 Å². The molecule has 0 aliphatic rings. The number of fused-ring (bicyclic) bond motifs is 2. The van der Waals surface area contributed by atoms with E-state index in [9.17, 15) is 9.59 Å². The van der Waals surface area contributed by atoms with Crippen LogP contribution in [-0.2, 0) is 11.3 Å². The molecule has 2 aromatic heterocycles. The first-order chi connectivity index (χ1) is 17.1. The average Bonchev–Trinajstić information content (AvgIpc) is 2.87. The molecule has 2 heterocycles. The Bertz CT molecular complexity index is 1430. The lowest BCUT2D eigenvalue weighted by Crippen LogP contribution is -2.38. The molecule has 0 aliphatic carbocycles. The summed E-state index contributed by atoms with van der Waals surface area (Å²) in [5.41, 5.74) is 8.55. The van der Waals surface area contributed by atoms with Crippen LogP contribution < -0.4 is 21.0 Å². The highest BCUT2D eigenvalue weighted by atomic mass is 79.9. The molecule has 0 saturated carbocycles. The van der Waals surface area contributed by atoms with Gasteiger partial charge in [0.1, 0.15) is 18.4 Å². The van der Waals surface area contributed by atoms with Crippen LogP contribution in [0.15, 0.2) is 74.5 Å². The molecule has 3 N–H and O–H groups in total. The van der Waals surface area contributed by atoms with Gasteiger partial charge in [-0.05, 0) is 49.2 Å². The molecule has 180 valence electrons. The monoisotopic (exact) mass is 534 g/mol. The predicted molar refractivity (Wildman–Crippen MR) is 144 cm³/mol. The van der Waals surface area contributed by atoms with Crippen LogP contribution in [0.1, 0.15) is 36.9 Å². The van der Waals surface area contributed by atoms with Gasteiger partial charge in [0.2, 0.25) is 17.1 Å². The first-order valence-corrected chi connectivity index (χ1v) is 12.6. The van der Waals surface area contributed by atoms with Crippen molar-refractivity contribution >= 4 is 55.9 Å². The molecular weight excluding hydrogens is 506 g/mol. The Balaban J connectivity index is 1.54. The van der Waals surface area contributed by atoms with E-state index < -0.39 is 0 Å². The molecule has 35 heavy (non-hydrogen) atoms. The van der Waals surface area contributed by atoms with Crippen molar-refractivity contribution in [2.75, 3.05) is 13.1 Å². The van der Waals surface area contributed by atoms with Gasteiger partial charge in [0, 0.05) is 54.0 Å². The van der Waals surface area contributed by atoms with Crippen LogP contribution in [0.5, 0.6) is 0 Å². The summed E-state index contributed by atoms with van der Waals surface area (Å²) >= 11 is 3.42. The third-order valence-electron chi connectivity index (χ3n) is 5.92. The first-order valence-electron chi connectivity index (χ1n) is 11.8. The number of unbranched alkanes of at least 4 members (excludes halogenated alkanes) is 2. The summed E-state index contributed by atoms with van der Waals surface area (Å²) in [6.07, 6.45) is 8.52. The molecule has 7 heteroatoms. The van der Waals surface area contributed by atoms with Gasteiger partial charge in [0.15, 0.2) is 5.43 Å². The Morgan fingerprint density at radius 1 is 1.06 bits per heavy atom. The van der Waals surface area contributed by atoms with E-state index in [2.05, 4.69) is 50.1 Å². The SMILES string of the molecule is NCCNC(=O)CCCCC[n+]1c(/C=C/c2coc3ccc(Br)cc3c2=O)ccc2ccccc21. The van der Waals surface area contributed by atoms with E-state index in [-0.39, 0.29) is 11.3 Å². The van der Waals surface area contributed by atoms with E-state index in [1.165, 1.54) is 6.26 Å². The number of nitrogens with one attached hydrogen (secondary N) is 1. The maximum absolute atomic E-state index is 13.0. The van der Waals surface area contributed by atoms with Crippen LogP contribution in [0.3, 0.4) is 0 Å². The summed E-state index contributed by atoms with van der Waals surface area (Å²) < 4.78 is 8.78. The Morgan fingerprint density at radius 2 is 1.91 bits per heavy atom. The lowest BCUT2D eigenvalue weighted by Gasteiger charge is -2.06. The summed E-state index contributed by atoms with van der Waals surface area (Å²) in [5, 5.41) is 4.51. The second kappa shape index (κ2) is 11.9. The molecule has 0 atom stereocenters. The zero-order valence-electron chi connectivity index (χ0n) is 19.5. The van der Waals surface area contributed by atoms with Crippen LogP contribution in [0.4, 0.5) is 0 Å².